The van der Waals surface area contributed by atoms with Crippen molar-refractivity contribution in [1.82, 2.24) is 10.1 Å². The van der Waals surface area contributed by atoms with E-state index >= 15 is 0 Å². The van der Waals surface area contributed by atoms with Gasteiger partial charge in [-0.3, -0.25) is 0 Å². The summed E-state index contributed by atoms with van der Waals surface area (Å²) in [6.45, 7) is 4.42. The normalized spacial score (nSPS) is 10.3. The predicted octanol–water partition coefficient (Wildman–Crippen LogP) is 2.30. The topological polar surface area (TPSA) is 51.0 Å². The Kier molecular flexibility index (Phi) is 2.67. The van der Waals surface area contributed by atoms with Gasteiger partial charge in [0.1, 0.15) is 0 Å². The lowest BCUT2D eigenvalue weighted by Gasteiger charge is -2.02. The zero-order chi connectivity index (χ0) is 10.7. The van der Waals surface area contributed by atoms with Crippen molar-refractivity contribution < 1.29 is 4.52 Å². The molecule has 0 fully saturated rings. The fraction of sp³-hybridized carbons (Fsp3) is 0.273. The molecule has 0 aliphatic rings. The minimum atomic E-state index is 0.559. The van der Waals surface area contributed by atoms with Crippen LogP contribution in [0.15, 0.2) is 28.8 Å². The van der Waals surface area contributed by atoms with Crippen LogP contribution in [0.3, 0.4) is 0 Å². The first kappa shape index (κ1) is 9.71. The number of aromatic nitrogens is 2. The lowest BCUT2D eigenvalue weighted by atomic mass is 10.2. The predicted molar refractivity (Wildman–Crippen MR) is 57.5 cm³/mol. The highest BCUT2D eigenvalue weighted by molar-refractivity contribution is 5.44. The van der Waals surface area contributed by atoms with E-state index in [1.54, 1.807) is 6.92 Å². The average Bonchev–Trinajstić information content (AvgIpc) is 2.64. The maximum absolute atomic E-state index is 4.99. The number of hydrogen-bond donors (Lipinski definition) is 1. The van der Waals surface area contributed by atoms with Crippen LogP contribution in [0.5, 0.6) is 0 Å². The van der Waals surface area contributed by atoms with Gasteiger partial charge in [0.2, 0.25) is 5.89 Å². The van der Waals surface area contributed by atoms with Crippen LogP contribution in [-0.4, -0.2) is 10.1 Å². The summed E-state index contributed by atoms with van der Waals surface area (Å²) in [6.07, 6.45) is 0. The van der Waals surface area contributed by atoms with Gasteiger partial charge >= 0.3 is 0 Å². The molecule has 0 unspecified atom stereocenters. The molecule has 0 saturated heterocycles. The van der Waals surface area contributed by atoms with Crippen molar-refractivity contribution in [3.05, 3.63) is 41.5 Å². The molecular weight excluding hydrogens is 190 g/mol. The summed E-state index contributed by atoms with van der Waals surface area (Å²) in [5.74, 6) is 1.27. The largest absolute Gasteiger partial charge is 0.376 e. The number of hydrogen-bond acceptors (Lipinski definition) is 4. The monoisotopic (exact) mass is 203 g/mol. The second-order valence-electron chi connectivity index (χ2n) is 3.45. The molecule has 1 N–H and O–H groups in total. The maximum atomic E-state index is 4.99. The van der Waals surface area contributed by atoms with Gasteiger partial charge in [-0.05, 0) is 26.0 Å². The summed E-state index contributed by atoms with van der Waals surface area (Å²) in [5.41, 5.74) is 2.30. The minimum absolute atomic E-state index is 0.559. The van der Waals surface area contributed by atoms with Crippen LogP contribution in [0.4, 0.5) is 5.69 Å². The summed E-state index contributed by atoms with van der Waals surface area (Å²) in [7, 11) is 0. The van der Waals surface area contributed by atoms with Gasteiger partial charge in [-0.15, -0.1) is 0 Å². The molecule has 4 heteroatoms. The smallest absolute Gasteiger partial charge is 0.245 e. The van der Waals surface area contributed by atoms with Crippen molar-refractivity contribution >= 4 is 5.69 Å². The summed E-state index contributed by atoms with van der Waals surface area (Å²) in [6, 6.07) is 8.17. The van der Waals surface area contributed by atoms with Crippen LogP contribution < -0.4 is 5.32 Å². The molecular formula is C11H13N3O. The molecule has 0 atom stereocenters. The van der Waals surface area contributed by atoms with E-state index in [0.717, 1.165) is 5.69 Å². The molecule has 0 amide bonds. The van der Waals surface area contributed by atoms with E-state index in [-0.39, 0.29) is 0 Å². The molecule has 4 nitrogen and oxygen atoms in total. The Morgan fingerprint density at radius 1 is 1.20 bits per heavy atom. The molecule has 0 saturated carbocycles. The lowest BCUT2D eigenvalue weighted by Crippen LogP contribution is -1.99. The van der Waals surface area contributed by atoms with Gasteiger partial charge in [-0.25, -0.2) is 0 Å². The molecule has 0 radical (unpaired) electrons. The third-order valence-electron chi connectivity index (χ3n) is 2.06. The van der Waals surface area contributed by atoms with E-state index in [0.29, 0.717) is 18.3 Å². The van der Waals surface area contributed by atoms with Gasteiger partial charge in [-0.1, -0.05) is 22.9 Å². The highest BCUT2D eigenvalue weighted by Gasteiger charge is 2.01. The fourth-order valence-corrected chi connectivity index (χ4v) is 1.26. The van der Waals surface area contributed by atoms with Gasteiger partial charge in [-0.2, -0.15) is 4.98 Å². The molecule has 1 aromatic carbocycles. The highest BCUT2D eigenvalue weighted by atomic mass is 16.5. The van der Waals surface area contributed by atoms with E-state index in [4.69, 9.17) is 4.52 Å². The first-order valence-corrected chi connectivity index (χ1v) is 4.84. The molecule has 2 rings (SSSR count). The van der Waals surface area contributed by atoms with E-state index < -0.39 is 0 Å². The van der Waals surface area contributed by atoms with Crippen molar-refractivity contribution in [1.29, 1.82) is 0 Å². The lowest BCUT2D eigenvalue weighted by molar-refractivity contribution is 0.379. The Labute approximate surface area is 88.3 Å². The summed E-state index contributed by atoms with van der Waals surface area (Å²) in [5, 5.41) is 6.92. The van der Waals surface area contributed by atoms with E-state index in [9.17, 15) is 0 Å². The highest BCUT2D eigenvalue weighted by Crippen LogP contribution is 2.09. The van der Waals surface area contributed by atoms with E-state index in [2.05, 4.69) is 34.5 Å². The Bertz CT molecular complexity index is 433. The van der Waals surface area contributed by atoms with E-state index in [1.807, 2.05) is 12.1 Å². The second-order valence-corrected chi connectivity index (χ2v) is 3.45. The van der Waals surface area contributed by atoms with Crippen LogP contribution in [0.2, 0.25) is 0 Å². The van der Waals surface area contributed by atoms with Gasteiger partial charge in [0, 0.05) is 5.69 Å². The zero-order valence-electron chi connectivity index (χ0n) is 8.82. The van der Waals surface area contributed by atoms with Crippen molar-refractivity contribution in [2.45, 2.75) is 20.4 Å². The molecule has 78 valence electrons. The number of nitrogens with zero attached hydrogens (tertiary/aromatic N) is 2. The Hall–Kier alpha value is -1.84. The van der Waals surface area contributed by atoms with E-state index in [1.165, 1.54) is 5.56 Å². The number of aryl methyl sites for hydroxylation is 2. The molecule has 0 aliphatic heterocycles. The number of rotatable bonds is 3. The van der Waals surface area contributed by atoms with Crippen molar-refractivity contribution in [3.8, 4) is 0 Å². The third-order valence-corrected chi connectivity index (χ3v) is 2.06. The van der Waals surface area contributed by atoms with Gasteiger partial charge < -0.3 is 9.84 Å². The maximum Gasteiger partial charge on any atom is 0.245 e. The van der Waals surface area contributed by atoms with Crippen LogP contribution in [0, 0.1) is 13.8 Å². The summed E-state index contributed by atoms with van der Waals surface area (Å²) >= 11 is 0. The quantitative estimate of drug-likeness (QED) is 0.831. The Balaban J connectivity index is 1.96. The molecule has 0 bridgehead atoms. The van der Waals surface area contributed by atoms with Crippen LogP contribution in [0.25, 0.3) is 0 Å². The number of nitrogens with one attached hydrogen (secondary N) is 1. The van der Waals surface area contributed by atoms with Gasteiger partial charge in [0.25, 0.3) is 0 Å². The van der Waals surface area contributed by atoms with Crippen LogP contribution in [0.1, 0.15) is 17.3 Å². The average molecular weight is 203 g/mol. The fourth-order valence-electron chi connectivity index (χ4n) is 1.26. The SMILES string of the molecule is Cc1ccc(NCc2nc(C)no2)cc1. The molecule has 0 spiro atoms. The second kappa shape index (κ2) is 4.13. The summed E-state index contributed by atoms with van der Waals surface area (Å²) < 4.78 is 4.99. The zero-order valence-corrected chi connectivity index (χ0v) is 8.82. The van der Waals surface area contributed by atoms with Crippen molar-refractivity contribution in [3.63, 3.8) is 0 Å². The first-order valence-electron chi connectivity index (χ1n) is 4.84. The van der Waals surface area contributed by atoms with Crippen LogP contribution >= 0.6 is 0 Å². The Morgan fingerprint density at radius 2 is 1.93 bits per heavy atom. The molecule has 0 aliphatic carbocycles. The van der Waals surface area contributed by atoms with Crippen molar-refractivity contribution in [2.24, 2.45) is 0 Å². The van der Waals surface area contributed by atoms with Gasteiger partial charge in [0.15, 0.2) is 5.82 Å². The van der Waals surface area contributed by atoms with Crippen molar-refractivity contribution in [2.75, 3.05) is 5.32 Å². The molecule has 1 aromatic heterocycles. The Morgan fingerprint density at radius 3 is 2.53 bits per heavy atom. The third kappa shape index (κ3) is 2.56. The van der Waals surface area contributed by atoms with Gasteiger partial charge in [0.05, 0.1) is 6.54 Å². The minimum Gasteiger partial charge on any atom is -0.376 e. The summed E-state index contributed by atoms with van der Waals surface area (Å²) in [4.78, 5) is 4.10. The standard InChI is InChI=1S/C11H13N3O/c1-8-3-5-10(6-4-8)12-7-11-13-9(2)14-15-11/h3-6,12H,7H2,1-2H3. The number of anilines is 1. The molecule has 15 heavy (non-hydrogen) atoms. The molecule has 1 heterocycles. The first-order chi connectivity index (χ1) is 7.24. The number of benzene rings is 1. The van der Waals surface area contributed by atoms with Crippen LogP contribution in [-0.2, 0) is 6.54 Å². The molecule has 2 aromatic rings.